The molecular formula is C20H28N6. The quantitative estimate of drug-likeness (QED) is 0.608. The molecule has 0 saturated heterocycles. The number of hydrogen-bond donors (Lipinski definition) is 2. The Morgan fingerprint density at radius 3 is 1.50 bits per heavy atom. The van der Waals surface area contributed by atoms with Crippen molar-refractivity contribution in [3.05, 3.63) is 36.7 Å². The first-order valence-electron chi connectivity index (χ1n) is 9.00. The van der Waals surface area contributed by atoms with E-state index in [0.29, 0.717) is 0 Å². The fourth-order valence-corrected chi connectivity index (χ4v) is 2.96. The molecule has 0 fully saturated rings. The number of nitrogens with zero attached hydrogens (tertiary/aromatic N) is 4. The Morgan fingerprint density at radius 2 is 1.12 bits per heavy atom. The predicted molar refractivity (Wildman–Crippen MR) is 111 cm³/mol. The summed E-state index contributed by atoms with van der Waals surface area (Å²) in [5.41, 5.74) is 4.08. The summed E-state index contributed by atoms with van der Waals surface area (Å²) in [6.07, 6.45) is 3.71. The highest BCUT2D eigenvalue weighted by molar-refractivity contribution is 6.10. The second-order valence-corrected chi connectivity index (χ2v) is 7.04. The van der Waals surface area contributed by atoms with E-state index in [1.165, 1.54) is 0 Å². The molecule has 2 aromatic heterocycles. The van der Waals surface area contributed by atoms with E-state index in [4.69, 9.17) is 0 Å². The Balaban J connectivity index is 1.93. The fraction of sp³-hybridized carbons (Fsp3) is 0.400. The molecule has 138 valence electrons. The lowest BCUT2D eigenvalue weighted by Crippen LogP contribution is -2.21. The molecule has 0 bridgehead atoms. The minimum absolute atomic E-state index is 0.893. The van der Waals surface area contributed by atoms with Crippen molar-refractivity contribution in [3.63, 3.8) is 0 Å². The van der Waals surface area contributed by atoms with E-state index in [9.17, 15) is 0 Å². The molecule has 3 rings (SSSR count). The number of fused-ring (bicyclic) bond motifs is 3. The molecule has 0 aliphatic rings. The van der Waals surface area contributed by atoms with Crippen LogP contribution in [0.5, 0.6) is 0 Å². The van der Waals surface area contributed by atoms with Crippen molar-refractivity contribution >= 4 is 33.2 Å². The van der Waals surface area contributed by atoms with Crippen LogP contribution in [0.4, 0.5) is 11.4 Å². The van der Waals surface area contributed by atoms with Crippen molar-refractivity contribution in [1.82, 2.24) is 19.8 Å². The van der Waals surface area contributed by atoms with Crippen LogP contribution < -0.4 is 10.6 Å². The van der Waals surface area contributed by atoms with Gasteiger partial charge in [-0.2, -0.15) is 0 Å². The van der Waals surface area contributed by atoms with Gasteiger partial charge >= 0.3 is 0 Å². The number of anilines is 2. The molecule has 0 radical (unpaired) electrons. The monoisotopic (exact) mass is 352 g/mol. The number of hydrogen-bond acceptors (Lipinski definition) is 6. The summed E-state index contributed by atoms with van der Waals surface area (Å²) in [5.74, 6) is 0. The molecule has 0 amide bonds. The van der Waals surface area contributed by atoms with Crippen LogP contribution in [-0.2, 0) is 0 Å². The van der Waals surface area contributed by atoms with Gasteiger partial charge in [0.15, 0.2) is 0 Å². The fourth-order valence-electron chi connectivity index (χ4n) is 2.96. The van der Waals surface area contributed by atoms with Crippen LogP contribution in [0.15, 0.2) is 36.7 Å². The van der Waals surface area contributed by atoms with Crippen molar-refractivity contribution in [3.8, 4) is 0 Å². The minimum atomic E-state index is 0.893. The molecule has 0 spiro atoms. The lowest BCUT2D eigenvalue weighted by atomic mass is 10.1. The predicted octanol–water partition coefficient (Wildman–Crippen LogP) is 2.73. The first-order valence-corrected chi connectivity index (χ1v) is 9.00. The van der Waals surface area contributed by atoms with E-state index in [-0.39, 0.29) is 0 Å². The van der Waals surface area contributed by atoms with Crippen LogP contribution in [0.25, 0.3) is 21.8 Å². The van der Waals surface area contributed by atoms with Crippen molar-refractivity contribution in [2.24, 2.45) is 0 Å². The molecular weight excluding hydrogens is 324 g/mol. The van der Waals surface area contributed by atoms with Crippen LogP contribution in [0.3, 0.4) is 0 Å². The second kappa shape index (κ2) is 8.29. The average Bonchev–Trinajstić information content (AvgIpc) is 2.61. The zero-order valence-corrected chi connectivity index (χ0v) is 16.1. The van der Waals surface area contributed by atoms with E-state index in [1.807, 2.05) is 24.5 Å². The SMILES string of the molecule is CN(C)CCNc1ccnc2c1ccc1c(NCCN(C)C)ccnc12. The first kappa shape index (κ1) is 18.4. The minimum Gasteiger partial charge on any atom is -0.383 e. The number of rotatable bonds is 8. The lowest BCUT2D eigenvalue weighted by Gasteiger charge is -2.15. The van der Waals surface area contributed by atoms with Gasteiger partial charge in [0.2, 0.25) is 0 Å². The average molecular weight is 352 g/mol. The molecule has 3 aromatic rings. The Kier molecular flexibility index (Phi) is 5.85. The van der Waals surface area contributed by atoms with Crippen molar-refractivity contribution in [2.45, 2.75) is 0 Å². The van der Waals surface area contributed by atoms with E-state index in [0.717, 1.165) is 59.4 Å². The Hall–Kier alpha value is -2.44. The summed E-state index contributed by atoms with van der Waals surface area (Å²) in [4.78, 5) is 13.6. The number of nitrogens with one attached hydrogen (secondary N) is 2. The molecule has 0 aliphatic carbocycles. The molecule has 2 heterocycles. The summed E-state index contributed by atoms with van der Waals surface area (Å²) in [5, 5.41) is 9.25. The highest BCUT2D eigenvalue weighted by atomic mass is 15.1. The van der Waals surface area contributed by atoms with Gasteiger partial charge in [-0.05, 0) is 52.5 Å². The maximum atomic E-state index is 4.61. The van der Waals surface area contributed by atoms with Gasteiger partial charge in [-0.25, -0.2) is 0 Å². The van der Waals surface area contributed by atoms with E-state index < -0.39 is 0 Å². The molecule has 0 saturated carbocycles. The van der Waals surface area contributed by atoms with Crippen molar-refractivity contribution in [1.29, 1.82) is 0 Å². The normalized spacial score (nSPS) is 11.6. The molecule has 0 unspecified atom stereocenters. The highest BCUT2D eigenvalue weighted by Crippen LogP contribution is 2.30. The van der Waals surface area contributed by atoms with Crippen molar-refractivity contribution < 1.29 is 0 Å². The summed E-state index contributed by atoms with van der Waals surface area (Å²) in [6, 6.07) is 8.34. The van der Waals surface area contributed by atoms with E-state index >= 15 is 0 Å². The molecule has 6 nitrogen and oxygen atoms in total. The number of benzene rings is 1. The van der Waals surface area contributed by atoms with Gasteiger partial charge in [-0.3, -0.25) is 9.97 Å². The van der Waals surface area contributed by atoms with Crippen LogP contribution in [0, 0.1) is 0 Å². The molecule has 6 heteroatoms. The Labute approximate surface area is 155 Å². The Morgan fingerprint density at radius 1 is 0.692 bits per heavy atom. The topological polar surface area (TPSA) is 56.3 Å². The molecule has 2 N–H and O–H groups in total. The van der Waals surface area contributed by atoms with Gasteiger partial charge in [0, 0.05) is 60.7 Å². The highest BCUT2D eigenvalue weighted by Gasteiger charge is 2.09. The summed E-state index contributed by atoms with van der Waals surface area (Å²) >= 11 is 0. The molecule has 0 aliphatic heterocycles. The molecule has 0 atom stereocenters. The summed E-state index contributed by atoms with van der Waals surface area (Å²) in [6.45, 7) is 3.75. The van der Waals surface area contributed by atoms with Gasteiger partial charge in [0.1, 0.15) is 0 Å². The number of aromatic nitrogens is 2. The molecule has 1 aromatic carbocycles. The summed E-state index contributed by atoms with van der Waals surface area (Å²) in [7, 11) is 8.31. The third-order valence-corrected chi connectivity index (χ3v) is 4.37. The lowest BCUT2D eigenvalue weighted by molar-refractivity contribution is 0.425. The van der Waals surface area contributed by atoms with Crippen LogP contribution in [0.1, 0.15) is 0 Å². The van der Waals surface area contributed by atoms with Crippen LogP contribution in [0.2, 0.25) is 0 Å². The summed E-state index contributed by atoms with van der Waals surface area (Å²) < 4.78 is 0. The standard InChI is InChI=1S/C20H28N6/c1-25(2)13-11-21-17-7-9-23-19-15(17)5-6-16-18(8-10-24-20(16)19)22-12-14-26(3)4/h5-10H,11-14H2,1-4H3,(H,21,23)(H,22,24). The zero-order valence-electron chi connectivity index (χ0n) is 16.1. The molecule has 26 heavy (non-hydrogen) atoms. The van der Waals surface area contributed by atoms with Gasteiger partial charge in [0.25, 0.3) is 0 Å². The maximum absolute atomic E-state index is 4.61. The third-order valence-electron chi connectivity index (χ3n) is 4.37. The largest absolute Gasteiger partial charge is 0.383 e. The van der Waals surface area contributed by atoms with Gasteiger partial charge in [-0.15, -0.1) is 0 Å². The maximum Gasteiger partial charge on any atom is 0.0986 e. The first-order chi connectivity index (χ1) is 12.6. The number of likely N-dealkylation sites (N-methyl/N-ethyl adjacent to an activating group) is 2. The Bertz CT molecular complexity index is 802. The van der Waals surface area contributed by atoms with Gasteiger partial charge in [-0.1, -0.05) is 0 Å². The second-order valence-electron chi connectivity index (χ2n) is 7.04. The van der Waals surface area contributed by atoms with Crippen LogP contribution in [-0.4, -0.2) is 74.1 Å². The smallest absolute Gasteiger partial charge is 0.0986 e. The third kappa shape index (κ3) is 4.20. The van der Waals surface area contributed by atoms with E-state index in [2.05, 4.69) is 70.7 Å². The number of pyridine rings is 2. The van der Waals surface area contributed by atoms with Gasteiger partial charge in [0.05, 0.1) is 11.0 Å². The van der Waals surface area contributed by atoms with Gasteiger partial charge < -0.3 is 20.4 Å². The zero-order chi connectivity index (χ0) is 18.5. The van der Waals surface area contributed by atoms with Crippen LogP contribution >= 0.6 is 0 Å². The van der Waals surface area contributed by atoms with Crippen molar-refractivity contribution in [2.75, 3.05) is 65.0 Å². The van der Waals surface area contributed by atoms with E-state index in [1.54, 1.807) is 0 Å².